The molecule has 1 heterocycles. The predicted octanol–water partition coefficient (Wildman–Crippen LogP) is 0.826. The summed E-state index contributed by atoms with van der Waals surface area (Å²) in [5.74, 6) is -0.311. The summed E-state index contributed by atoms with van der Waals surface area (Å²) in [6, 6.07) is 8.50. The molecule has 0 bridgehead atoms. The molecule has 1 aliphatic carbocycles. The van der Waals surface area contributed by atoms with E-state index < -0.39 is 12.0 Å². The second kappa shape index (κ2) is 8.45. The Bertz CT molecular complexity index is 581. The lowest BCUT2D eigenvalue weighted by atomic mass is 10.1. The summed E-state index contributed by atoms with van der Waals surface area (Å²) in [6.45, 7) is 5.20. The number of nitrogens with one attached hydrogen (secondary N) is 1. The fourth-order valence-corrected chi connectivity index (χ4v) is 3.29. The van der Waals surface area contributed by atoms with Gasteiger partial charge in [0.2, 0.25) is 5.91 Å². The van der Waals surface area contributed by atoms with E-state index in [0.29, 0.717) is 6.42 Å². The van der Waals surface area contributed by atoms with E-state index in [9.17, 15) is 14.7 Å². The van der Waals surface area contributed by atoms with Gasteiger partial charge < -0.3 is 15.3 Å². The first kappa shape index (κ1) is 17.9. The van der Waals surface area contributed by atoms with Crippen molar-refractivity contribution in [3.8, 4) is 0 Å². The van der Waals surface area contributed by atoms with Crippen LogP contribution in [0.3, 0.4) is 0 Å². The van der Waals surface area contributed by atoms with Crippen molar-refractivity contribution in [3.05, 3.63) is 35.9 Å². The van der Waals surface area contributed by atoms with Crippen LogP contribution in [-0.4, -0.2) is 72.1 Å². The number of nitrogens with zero attached hydrogens (tertiary/aromatic N) is 2. The monoisotopic (exact) mass is 345 g/mol. The molecule has 2 N–H and O–H groups in total. The molecule has 1 atom stereocenters. The number of carbonyl (C=O) groups excluding carboxylic acids is 1. The number of benzene rings is 1. The Balaban J connectivity index is 1.43. The average molecular weight is 345 g/mol. The first-order valence-electron chi connectivity index (χ1n) is 9.11. The highest BCUT2D eigenvalue weighted by atomic mass is 16.4. The Hall–Kier alpha value is -1.92. The van der Waals surface area contributed by atoms with Crippen molar-refractivity contribution >= 4 is 11.9 Å². The molecule has 0 aromatic heterocycles. The highest BCUT2D eigenvalue weighted by molar-refractivity contribution is 5.84. The van der Waals surface area contributed by atoms with E-state index in [1.165, 1.54) is 19.4 Å². The highest BCUT2D eigenvalue weighted by Crippen LogP contribution is 2.29. The summed E-state index contributed by atoms with van der Waals surface area (Å²) < 4.78 is 0. The Morgan fingerprint density at radius 2 is 1.72 bits per heavy atom. The minimum absolute atomic E-state index is 0.209. The largest absolute Gasteiger partial charge is 0.480 e. The molecule has 2 fully saturated rings. The number of hydrogen-bond acceptors (Lipinski definition) is 4. The van der Waals surface area contributed by atoms with Crippen LogP contribution in [0.2, 0.25) is 0 Å². The van der Waals surface area contributed by atoms with Gasteiger partial charge in [0.25, 0.3) is 0 Å². The molecule has 136 valence electrons. The smallest absolute Gasteiger partial charge is 0.326 e. The topological polar surface area (TPSA) is 72.9 Å². The number of carbonyl (C=O) groups is 2. The summed E-state index contributed by atoms with van der Waals surface area (Å²) >= 11 is 0. The predicted molar refractivity (Wildman–Crippen MR) is 95.3 cm³/mol. The fraction of sp³-hybridized carbons (Fsp3) is 0.579. The van der Waals surface area contributed by atoms with Crippen LogP contribution in [0.25, 0.3) is 0 Å². The van der Waals surface area contributed by atoms with Gasteiger partial charge in [-0.1, -0.05) is 30.3 Å². The van der Waals surface area contributed by atoms with Gasteiger partial charge in [-0.3, -0.25) is 9.69 Å². The second-order valence-electron chi connectivity index (χ2n) is 7.17. The van der Waals surface area contributed by atoms with E-state index in [4.69, 9.17) is 0 Å². The van der Waals surface area contributed by atoms with Crippen molar-refractivity contribution in [1.29, 1.82) is 0 Å². The van der Waals surface area contributed by atoms with Gasteiger partial charge in [-0.25, -0.2) is 4.79 Å². The molecular weight excluding hydrogens is 318 g/mol. The summed E-state index contributed by atoms with van der Waals surface area (Å²) in [4.78, 5) is 28.3. The van der Waals surface area contributed by atoms with E-state index in [-0.39, 0.29) is 12.5 Å². The molecule has 0 unspecified atom stereocenters. The van der Waals surface area contributed by atoms with Gasteiger partial charge in [0.1, 0.15) is 6.04 Å². The van der Waals surface area contributed by atoms with Crippen LogP contribution >= 0.6 is 0 Å². The number of rotatable bonds is 8. The fourth-order valence-electron chi connectivity index (χ4n) is 3.29. The lowest BCUT2D eigenvalue weighted by Gasteiger charge is -2.34. The molecule has 2 aliphatic rings. The third-order valence-corrected chi connectivity index (χ3v) is 4.96. The molecular formula is C19H27N3O3. The number of carboxylic acid groups (broad SMARTS) is 1. The summed E-state index contributed by atoms with van der Waals surface area (Å²) in [5, 5.41) is 12.1. The lowest BCUT2D eigenvalue weighted by molar-refractivity contribution is -0.142. The third-order valence-electron chi connectivity index (χ3n) is 4.96. The molecule has 1 aromatic carbocycles. The first-order chi connectivity index (χ1) is 12.1. The molecule has 6 nitrogen and oxygen atoms in total. The van der Waals surface area contributed by atoms with Crippen molar-refractivity contribution in [1.82, 2.24) is 15.1 Å². The average Bonchev–Trinajstić information content (AvgIpc) is 3.41. The van der Waals surface area contributed by atoms with Crippen LogP contribution in [0, 0.1) is 5.92 Å². The van der Waals surface area contributed by atoms with E-state index in [2.05, 4.69) is 15.1 Å². The Morgan fingerprint density at radius 3 is 2.32 bits per heavy atom. The first-order valence-corrected chi connectivity index (χ1v) is 9.11. The maximum atomic E-state index is 12.3. The van der Waals surface area contributed by atoms with Crippen molar-refractivity contribution < 1.29 is 14.7 Å². The van der Waals surface area contributed by atoms with Gasteiger partial charge in [-0.05, 0) is 24.3 Å². The number of piperazine rings is 1. The van der Waals surface area contributed by atoms with Crippen molar-refractivity contribution in [2.45, 2.75) is 25.3 Å². The van der Waals surface area contributed by atoms with Crippen LogP contribution in [-0.2, 0) is 16.0 Å². The molecule has 1 saturated carbocycles. The van der Waals surface area contributed by atoms with Crippen molar-refractivity contribution in [2.75, 3.05) is 39.3 Å². The zero-order chi connectivity index (χ0) is 17.6. The van der Waals surface area contributed by atoms with Crippen LogP contribution < -0.4 is 5.32 Å². The molecule has 0 radical (unpaired) electrons. The molecule has 1 saturated heterocycles. The van der Waals surface area contributed by atoms with Gasteiger partial charge in [0.15, 0.2) is 0 Å². The quantitative estimate of drug-likeness (QED) is 0.730. The molecule has 6 heteroatoms. The van der Waals surface area contributed by atoms with Crippen molar-refractivity contribution in [2.24, 2.45) is 5.92 Å². The minimum Gasteiger partial charge on any atom is -0.480 e. The molecule has 1 aliphatic heterocycles. The van der Waals surface area contributed by atoms with E-state index in [0.717, 1.165) is 37.7 Å². The van der Waals surface area contributed by atoms with Gasteiger partial charge in [0, 0.05) is 39.1 Å². The molecule has 25 heavy (non-hydrogen) atoms. The Labute approximate surface area is 148 Å². The highest BCUT2D eigenvalue weighted by Gasteiger charge is 2.27. The standard InChI is InChI=1S/C19H27N3O3/c23-18(14-22-10-8-21(9-11-22)13-16-6-7-16)20-17(19(24)25)12-15-4-2-1-3-5-15/h1-5,16-17H,6-14H2,(H,20,23)(H,24,25)/t17-/m1/s1. The molecule has 1 aromatic rings. The molecule has 1 amide bonds. The number of hydrogen-bond donors (Lipinski definition) is 2. The zero-order valence-corrected chi connectivity index (χ0v) is 14.6. The summed E-state index contributed by atoms with van der Waals surface area (Å²) in [6.07, 6.45) is 3.03. The van der Waals surface area contributed by atoms with Crippen molar-refractivity contribution in [3.63, 3.8) is 0 Å². The minimum atomic E-state index is -0.994. The van der Waals surface area contributed by atoms with Crippen LogP contribution in [0.1, 0.15) is 18.4 Å². The third kappa shape index (κ3) is 5.83. The maximum Gasteiger partial charge on any atom is 0.326 e. The SMILES string of the molecule is O=C(CN1CCN(CC2CC2)CC1)N[C@H](Cc1ccccc1)C(=O)O. The van der Waals surface area contributed by atoms with Gasteiger partial charge in [-0.15, -0.1) is 0 Å². The summed E-state index contributed by atoms with van der Waals surface area (Å²) in [5.41, 5.74) is 0.906. The summed E-state index contributed by atoms with van der Waals surface area (Å²) in [7, 11) is 0. The van der Waals surface area contributed by atoms with E-state index >= 15 is 0 Å². The Morgan fingerprint density at radius 1 is 1.08 bits per heavy atom. The van der Waals surface area contributed by atoms with Gasteiger partial charge in [0.05, 0.1) is 6.54 Å². The van der Waals surface area contributed by atoms with Crippen LogP contribution in [0.15, 0.2) is 30.3 Å². The van der Waals surface area contributed by atoms with Crippen LogP contribution in [0.4, 0.5) is 0 Å². The number of carboxylic acids is 1. The second-order valence-corrected chi connectivity index (χ2v) is 7.17. The molecule has 3 rings (SSSR count). The zero-order valence-electron chi connectivity index (χ0n) is 14.6. The number of amides is 1. The van der Waals surface area contributed by atoms with E-state index in [1.54, 1.807) is 0 Å². The Kier molecular flexibility index (Phi) is 6.04. The van der Waals surface area contributed by atoms with E-state index in [1.807, 2.05) is 30.3 Å². The lowest BCUT2D eigenvalue weighted by Crippen LogP contribution is -2.52. The van der Waals surface area contributed by atoms with Gasteiger partial charge in [-0.2, -0.15) is 0 Å². The maximum absolute atomic E-state index is 12.3. The molecule has 0 spiro atoms. The van der Waals surface area contributed by atoms with Gasteiger partial charge >= 0.3 is 5.97 Å². The van der Waals surface area contributed by atoms with Crippen LogP contribution in [0.5, 0.6) is 0 Å². The number of aliphatic carboxylic acids is 1. The normalized spacial score (nSPS) is 20.2.